The minimum Gasteiger partial charge on any atom is -0.481 e. The minimum atomic E-state index is -0.647. The first-order valence-corrected chi connectivity index (χ1v) is 8.22. The maximum absolute atomic E-state index is 12.3. The number of hydrogen-bond donors (Lipinski definition) is 1. The average molecular weight is 341 g/mol. The van der Waals surface area contributed by atoms with E-state index in [1.165, 1.54) is 0 Å². The second-order valence-corrected chi connectivity index (χ2v) is 5.82. The quantitative estimate of drug-likeness (QED) is 0.810. The van der Waals surface area contributed by atoms with E-state index in [2.05, 4.69) is 5.32 Å². The Balaban J connectivity index is 1.97. The Hall–Kier alpha value is -2.82. The summed E-state index contributed by atoms with van der Waals surface area (Å²) in [6.45, 7) is 7.73. The van der Waals surface area contributed by atoms with Gasteiger partial charge in [0, 0.05) is 5.69 Å². The molecule has 1 N–H and O–H groups in total. The topological polar surface area (TPSA) is 64.6 Å². The molecule has 0 bridgehead atoms. The zero-order valence-corrected chi connectivity index (χ0v) is 15.0. The second kappa shape index (κ2) is 8.33. The molecule has 1 amide bonds. The van der Waals surface area contributed by atoms with Crippen LogP contribution in [0.5, 0.6) is 5.75 Å². The minimum absolute atomic E-state index is 0.260. The number of rotatable bonds is 6. The highest BCUT2D eigenvalue weighted by Gasteiger charge is 2.16. The van der Waals surface area contributed by atoms with E-state index in [-0.39, 0.29) is 11.9 Å². The average Bonchev–Trinajstić information content (AvgIpc) is 2.58. The van der Waals surface area contributed by atoms with Crippen molar-refractivity contribution in [1.29, 1.82) is 0 Å². The number of carbonyl (C=O) groups excluding carboxylic acids is 2. The van der Waals surface area contributed by atoms with Gasteiger partial charge in [0.1, 0.15) is 5.75 Å². The van der Waals surface area contributed by atoms with Crippen LogP contribution in [0, 0.1) is 13.8 Å². The summed E-state index contributed by atoms with van der Waals surface area (Å²) in [5.74, 6) is 0.0432. The van der Waals surface area contributed by atoms with E-state index in [0.29, 0.717) is 23.6 Å². The molecule has 132 valence electrons. The van der Waals surface area contributed by atoms with Crippen LogP contribution in [0.25, 0.3) is 0 Å². The summed E-state index contributed by atoms with van der Waals surface area (Å²) >= 11 is 0. The van der Waals surface area contributed by atoms with Crippen molar-refractivity contribution in [1.82, 2.24) is 0 Å². The lowest BCUT2D eigenvalue weighted by atomic mass is 10.1. The summed E-state index contributed by atoms with van der Waals surface area (Å²) in [7, 11) is 0. The highest BCUT2D eigenvalue weighted by atomic mass is 16.5. The van der Waals surface area contributed by atoms with Crippen LogP contribution in [0.15, 0.2) is 42.5 Å². The molecule has 0 aromatic heterocycles. The Morgan fingerprint density at radius 3 is 2.36 bits per heavy atom. The number of esters is 1. The lowest BCUT2D eigenvalue weighted by molar-refractivity contribution is -0.122. The van der Waals surface area contributed by atoms with E-state index in [4.69, 9.17) is 9.47 Å². The van der Waals surface area contributed by atoms with Crippen LogP contribution in [0.1, 0.15) is 35.3 Å². The van der Waals surface area contributed by atoms with Gasteiger partial charge in [0.15, 0.2) is 6.10 Å². The van der Waals surface area contributed by atoms with Crippen LogP contribution < -0.4 is 10.1 Å². The lowest BCUT2D eigenvalue weighted by Gasteiger charge is -2.16. The molecule has 25 heavy (non-hydrogen) atoms. The van der Waals surface area contributed by atoms with Gasteiger partial charge in [-0.3, -0.25) is 4.79 Å². The monoisotopic (exact) mass is 341 g/mol. The lowest BCUT2D eigenvalue weighted by Crippen LogP contribution is -2.30. The molecule has 0 heterocycles. The van der Waals surface area contributed by atoms with E-state index >= 15 is 0 Å². The fraction of sp³-hybridized carbons (Fsp3) is 0.300. The molecule has 2 aromatic rings. The van der Waals surface area contributed by atoms with Gasteiger partial charge in [-0.15, -0.1) is 0 Å². The van der Waals surface area contributed by atoms with E-state index in [0.717, 1.165) is 11.1 Å². The Labute approximate surface area is 148 Å². The van der Waals surface area contributed by atoms with Gasteiger partial charge in [-0.1, -0.05) is 17.7 Å². The number of amides is 1. The molecule has 2 rings (SSSR count). The van der Waals surface area contributed by atoms with Gasteiger partial charge in [-0.05, 0) is 63.6 Å². The third-order valence-corrected chi connectivity index (χ3v) is 3.67. The van der Waals surface area contributed by atoms with Crippen LogP contribution in [-0.4, -0.2) is 24.6 Å². The summed E-state index contributed by atoms with van der Waals surface area (Å²) in [4.78, 5) is 23.9. The molecule has 2 aromatic carbocycles. The van der Waals surface area contributed by atoms with Crippen LogP contribution in [-0.2, 0) is 9.53 Å². The number of hydrogen-bond acceptors (Lipinski definition) is 4. The fourth-order valence-corrected chi connectivity index (χ4v) is 2.32. The molecule has 0 aliphatic carbocycles. The number of ether oxygens (including phenoxy) is 2. The van der Waals surface area contributed by atoms with Crippen LogP contribution >= 0.6 is 0 Å². The van der Waals surface area contributed by atoms with Gasteiger partial charge in [-0.2, -0.15) is 0 Å². The molecule has 0 spiro atoms. The Kier molecular flexibility index (Phi) is 6.17. The fourth-order valence-electron chi connectivity index (χ4n) is 2.32. The first kappa shape index (κ1) is 18.5. The first-order valence-electron chi connectivity index (χ1n) is 8.22. The van der Waals surface area contributed by atoms with Crippen molar-refractivity contribution in [3.05, 3.63) is 59.2 Å². The van der Waals surface area contributed by atoms with Crippen molar-refractivity contribution in [2.75, 3.05) is 11.9 Å². The largest absolute Gasteiger partial charge is 0.481 e. The van der Waals surface area contributed by atoms with Crippen LogP contribution in [0.4, 0.5) is 5.69 Å². The third kappa shape index (κ3) is 5.08. The molecular weight excluding hydrogens is 318 g/mol. The molecule has 0 saturated carbocycles. The van der Waals surface area contributed by atoms with E-state index in [1.807, 2.05) is 32.0 Å². The van der Waals surface area contributed by atoms with E-state index in [9.17, 15) is 9.59 Å². The van der Waals surface area contributed by atoms with Crippen molar-refractivity contribution < 1.29 is 19.1 Å². The molecule has 0 aliphatic heterocycles. The predicted octanol–water partition coefficient (Wildman–Crippen LogP) is 3.89. The standard InChI is InChI=1S/C20H23NO4/c1-5-24-20(23)16-7-9-17(10-8-16)21-19(22)15(4)25-18-11-6-13(2)12-14(18)3/h6-12,15H,5H2,1-4H3,(H,21,22)/t15-/m0/s1. The van der Waals surface area contributed by atoms with Gasteiger partial charge < -0.3 is 14.8 Å². The van der Waals surface area contributed by atoms with Crippen molar-refractivity contribution in [2.24, 2.45) is 0 Å². The number of aryl methyl sites for hydroxylation is 2. The van der Waals surface area contributed by atoms with Crippen molar-refractivity contribution in [3.63, 3.8) is 0 Å². The van der Waals surface area contributed by atoms with Crippen LogP contribution in [0.2, 0.25) is 0 Å². The summed E-state index contributed by atoms with van der Waals surface area (Å²) in [5, 5.41) is 2.77. The van der Waals surface area contributed by atoms with Gasteiger partial charge in [-0.25, -0.2) is 4.79 Å². The Bertz CT molecular complexity index is 753. The molecule has 0 fully saturated rings. The summed E-state index contributed by atoms with van der Waals surface area (Å²) in [6, 6.07) is 12.4. The maximum Gasteiger partial charge on any atom is 0.338 e. The predicted molar refractivity (Wildman–Crippen MR) is 97.0 cm³/mol. The van der Waals surface area contributed by atoms with Gasteiger partial charge >= 0.3 is 5.97 Å². The SMILES string of the molecule is CCOC(=O)c1ccc(NC(=O)[C@H](C)Oc2ccc(C)cc2C)cc1. The molecular formula is C20H23NO4. The summed E-state index contributed by atoms with van der Waals surface area (Å²) in [5.41, 5.74) is 3.16. The van der Waals surface area contributed by atoms with E-state index in [1.54, 1.807) is 38.1 Å². The molecule has 0 saturated heterocycles. The van der Waals surface area contributed by atoms with Gasteiger partial charge in [0.25, 0.3) is 5.91 Å². The zero-order valence-electron chi connectivity index (χ0n) is 15.0. The zero-order chi connectivity index (χ0) is 18.4. The number of benzene rings is 2. The molecule has 0 aliphatic rings. The first-order chi connectivity index (χ1) is 11.9. The normalized spacial score (nSPS) is 11.5. The molecule has 0 radical (unpaired) electrons. The smallest absolute Gasteiger partial charge is 0.338 e. The van der Waals surface area contributed by atoms with Crippen LogP contribution in [0.3, 0.4) is 0 Å². The molecule has 5 nitrogen and oxygen atoms in total. The maximum atomic E-state index is 12.3. The van der Waals surface area contributed by atoms with Crippen molar-refractivity contribution in [2.45, 2.75) is 33.8 Å². The second-order valence-electron chi connectivity index (χ2n) is 5.82. The molecule has 0 unspecified atom stereocenters. The Morgan fingerprint density at radius 2 is 1.76 bits per heavy atom. The van der Waals surface area contributed by atoms with Crippen molar-refractivity contribution >= 4 is 17.6 Å². The van der Waals surface area contributed by atoms with Gasteiger partial charge in [0.05, 0.1) is 12.2 Å². The molecule has 5 heteroatoms. The highest BCUT2D eigenvalue weighted by molar-refractivity contribution is 5.95. The summed E-state index contributed by atoms with van der Waals surface area (Å²) < 4.78 is 10.7. The molecule has 1 atom stereocenters. The van der Waals surface area contributed by atoms with E-state index < -0.39 is 6.10 Å². The Morgan fingerprint density at radius 1 is 1.08 bits per heavy atom. The number of nitrogens with one attached hydrogen (secondary N) is 1. The number of carbonyl (C=O) groups is 2. The highest BCUT2D eigenvalue weighted by Crippen LogP contribution is 2.20. The summed E-state index contributed by atoms with van der Waals surface area (Å²) in [6.07, 6.45) is -0.647. The third-order valence-electron chi connectivity index (χ3n) is 3.67. The van der Waals surface area contributed by atoms with Crippen molar-refractivity contribution in [3.8, 4) is 5.75 Å². The number of anilines is 1. The van der Waals surface area contributed by atoms with Gasteiger partial charge in [0.2, 0.25) is 0 Å².